The summed E-state index contributed by atoms with van der Waals surface area (Å²) >= 11 is 0. The van der Waals surface area contributed by atoms with E-state index < -0.39 is 12.6 Å². The number of carbonyl (C=O) groups excluding carboxylic acids is 1. The summed E-state index contributed by atoms with van der Waals surface area (Å²) in [7, 11) is 0. The molecule has 0 aliphatic carbocycles. The van der Waals surface area contributed by atoms with Gasteiger partial charge in [-0.05, 0) is 30.7 Å². The van der Waals surface area contributed by atoms with Gasteiger partial charge in [0.1, 0.15) is 5.75 Å². The third-order valence-electron chi connectivity index (χ3n) is 3.25. The summed E-state index contributed by atoms with van der Waals surface area (Å²) in [5.41, 5.74) is 4.90. The Bertz CT molecular complexity index is 774. The molecule has 3 N–H and O–H groups in total. The molecule has 0 saturated carbocycles. The molecule has 2 aromatic rings. The van der Waals surface area contributed by atoms with Crippen molar-refractivity contribution < 1.29 is 19.4 Å². The molecule has 7 nitrogen and oxygen atoms in total. The van der Waals surface area contributed by atoms with Gasteiger partial charge in [0.15, 0.2) is 6.61 Å². The van der Waals surface area contributed by atoms with Crippen molar-refractivity contribution >= 4 is 23.8 Å². The molecule has 0 spiro atoms. The van der Waals surface area contributed by atoms with E-state index in [1.54, 1.807) is 24.3 Å². The quantitative estimate of drug-likeness (QED) is 0.504. The number of nitrogens with zero attached hydrogens (tertiary/aromatic N) is 1. The molecule has 25 heavy (non-hydrogen) atoms. The Hall–Kier alpha value is -3.35. The van der Waals surface area contributed by atoms with Gasteiger partial charge in [0.2, 0.25) is 0 Å². The van der Waals surface area contributed by atoms with Gasteiger partial charge in [0.25, 0.3) is 5.91 Å². The lowest BCUT2D eigenvalue weighted by Crippen LogP contribution is -2.26. The van der Waals surface area contributed by atoms with Crippen LogP contribution in [0.3, 0.4) is 0 Å². The van der Waals surface area contributed by atoms with Gasteiger partial charge >= 0.3 is 5.97 Å². The predicted molar refractivity (Wildman–Crippen MR) is 95.0 cm³/mol. The summed E-state index contributed by atoms with van der Waals surface area (Å²) in [6, 6.07) is 14.5. The second-order valence-electron chi connectivity index (χ2n) is 5.18. The minimum atomic E-state index is -1.07. The molecule has 130 valence electrons. The Kier molecular flexibility index (Phi) is 6.53. The molecule has 0 aromatic heterocycles. The van der Waals surface area contributed by atoms with Crippen LogP contribution in [0.25, 0.3) is 0 Å². The zero-order valence-corrected chi connectivity index (χ0v) is 13.7. The van der Waals surface area contributed by atoms with E-state index >= 15 is 0 Å². The molecule has 0 fully saturated rings. The molecule has 0 aliphatic heterocycles. The van der Waals surface area contributed by atoms with Gasteiger partial charge < -0.3 is 15.2 Å². The Morgan fingerprint density at radius 3 is 2.64 bits per heavy atom. The number of aryl methyl sites for hydroxylation is 1. The maximum absolute atomic E-state index is 11.8. The molecule has 0 unspecified atom stereocenters. The third kappa shape index (κ3) is 5.98. The lowest BCUT2D eigenvalue weighted by atomic mass is 10.2. The average molecular weight is 341 g/mol. The van der Waals surface area contributed by atoms with Crippen LogP contribution >= 0.6 is 0 Å². The average Bonchev–Trinajstić information content (AvgIpc) is 2.60. The molecule has 2 rings (SSSR count). The number of carboxylic acids is 1. The van der Waals surface area contributed by atoms with Gasteiger partial charge in [0.05, 0.1) is 12.8 Å². The first-order chi connectivity index (χ1) is 12.1. The maximum Gasteiger partial charge on any atom is 0.341 e. The smallest absolute Gasteiger partial charge is 0.341 e. The second-order valence-corrected chi connectivity index (χ2v) is 5.18. The predicted octanol–water partition coefficient (Wildman–Crippen LogP) is 2.02. The highest BCUT2D eigenvalue weighted by Gasteiger charge is 2.04. The Balaban J connectivity index is 1.87. The standard InChI is InChI=1S/C18H19N3O4/c1-13-6-2-4-8-15(13)19-11-17(22)21-20-10-14-7-3-5-9-16(14)25-12-18(23)24/h2-10,19H,11-12H2,1H3,(H,21,22)(H,23,24)/b20-10-. The first kappa shape index (κ1) is 18.0. The molecule has 0 aliphatic rings. The molecular weight excluding hydrogens is 322 g/mol. The van der Waals surface area contributed by atoms with Gasteiger partial charge in [-0.15, -0.1) is 0 Å². The van der Waals surface area contributed by atoms with Crippen molar-refractivity contribution in [1.82, 2.24) is 5.43 Å². The largest absolute Gasteiger partial charge is 0.481 e. The van der Waals surface area contributed by atoms with Crippen LogP contribution in [0, 0.1) is 6.92 Å². The highest BCUT2D eigenvalue weighted by Crippen LogP contribution is 2.15. The first-order valence-electron chi connectivity index (χ1n) is 7.61. The fourth-order valence-corrected chi connectivity index (χ4v) is 2.02. The summed E-state index contributed by atoms with van der Waals surface area (Å²) < 4.78 is 5.16. The van der Waals surface area contributed by atoms with Crippen molar-refractivity contribution in [3.05, 3.63) is 59.7 Å². The number of hydrazone groups is 1. The molecule has 0 bridgehead atoms. The van der Waals surface area contributed by atoms with Crippen LogP contribution in [0.15, 0.2) is 53.6 Å². The summed E-state index contributed by atoms with van der Waals surface area (Å²) in [6.07, 6.45) is 1.41. The lowest BCUT2D eigenvalue weighted by molar-refractivity contribution is -0.139. The number of carboxylic acid groups (broad SMARTS) is 1. The van der Waals surface area contributed by atoms with E-state index in [0.717, 1.165) is 11.3 Å². The summed E-state index contributed by atoms with van der Waals surface area (Å²) in [6.45, 7) is 1.59. The topological polar surface area (TPSA) is 100 Å². The molecular formula is C18H19N3O4. The SMILES string of the molecule is Cc1ccccc1NCC(=O)N/N=C\c1ccccc1OCC(=O)O. The normalized spacial score (nSPS) is 10.4. The monoisotopic (exact) mass is 341 g/mol. The van der Waals surface area contributed by atoms with Crippen LogP contribution in [0.1, 0.15) is 11.1 Å². The zero-order chi connectivity index (χ0) is 18.1. The number of benzene rings is 2. The number of anilines is 1. The number of ether oxygens (including phenoxy) is 1. The summed E-state index contributed by atoms with van der Waals surface area (Å²) in [5.74, 6) is -0.994. The molecule has 0 atom stereocenters. The van der Waals surface area contributed by atoms with E-state index in [1.807, 2.05) is 31.2 Å². The van der Waals surface area contributed by atoms with Crippen molar-refractivity contribution in [3.63, 3.8) is 0 Å². The van der Waals surface area contributed by atoms with Crippen LogP contribution in [-0.4, -0.2) is 36.3 Å². The van der Waals surface area contributed by atoms with Crippen molar-refractivity contribution in [1.29, 1.82) is 0 Å². The van der Waals surface area contributed by atoms with Gasteiger partial charge in [-0.25, -0.2) is 10.2 Å². The van der Waals surface area contributed by atoms with Crippen molar-refractivity contribution in [2.75, 3.05) is 18.5 Å². The minimum Gasteiger partial charge on any atom is -0.481 e. The molecule has 0 heterocycles. The Morgan fingerprint density at radius 1 is 1.16 bits per heavy atom. The maximum atomic E-state index is 11.8. The number of rotatable bonds is 8. The van der Waals surface area contributed by atoms with Crippen molar-refractivity contribution in [3.8, 4) is 5.75 Å². The van der Waals surface area contributed by atoms with Crippen LogP contribution < -0.4 is 15.5 Å². The number of hydrogen-bond donors (Lipinski definition) is 3. The number of amides is 1. The van der Waals surface area contributed by atoms with Gasteiger partial charge in [-0.3, -0.25) is 4.79 Å². The number of hydrogen-bond acceptors (Lipinski definition) is 5. The molecule has 1 amide bonds. The second kappa shape index (κ2) is 9.07. The van der Waals surface area contributed by atoms with E-state index in [9.17, 15) is 9.59 Å². The summed E-state index contributed by atoms with van der Waals surface area (Å²) in [4.78, 5) is 22.4. The van der Waals surface area contributed by atoms with Gasteiger partial charge in [0, 0.05) is 11.3 Å². The van der Waals surface area contributed by atoms with E-state index in [4.69, 9.17) is 9.84 Å². The zero-order valence-electron chi connectivity index (χ0n) is 13.7. The lowest BCUT2D eigenvalue weighted by Gasteiger charge is -2.08. The minimum absolute atomic E-state index is 0.0827. The Morgan fingerprint density at radius 2 is 1.88 bits per heavy atom. The van der Waals surface area contributed by atoms with Crippen LogP contribution in [-0.2, 0) is 9.59 Å². The number of carbonyl (C=O) groups is 2. The Labute approximate surface area is 145 Å². The third-order valence-corrected chi connectivity index (χ3v) is 3.25. The van der Waals surface area contributed by atoms with E-state index in [2.05, 4.69) is 15.8 Å². The van der Waals surface area contributed by atoms with Crippen molar-refractivity contribution in [2.24, 2.45) is 5.10 Å². The molecule has 2 aromatic carbocycles. The van der Waals surface area contributed by atoms with Crippen molar-refractivity contribution in [2.45, 2.75) is 6.92 Å². The van der Waals surface area contributed by atoms with Gasteiger partial charge in [-0.2, -0.15) is 5.10 Å². The first-order valence-corrected chi connectivity index (χ1v) is 7.61. The fourth-order valence-electron chi connectivity index (χ4n) is 2.02. The van der Waals surface area contributed by atoms with Crippen LogP contribution in [0.5, 0.6) is 5.75 Å². The fraction of sp³-hybridized carbons (Fsp3) is 0.167. The van der Waals surface area contributed by atoms with E-state index in [-0.39, 0.29) is 12.5 Å². The molecule has 0 radical (unpaired) electrons. The number of para-hydroxylation sites is 2. The van der Waals surface area contributed by atoms with Gasteiger partial charge in [-0.1, -0.05) is 30.3 Å². The van der Waals surface area contributed by atoms with E-state index in [1.165, 1.54) is 6.21 Å². The number of aliphatic carboxylic acids is 1. The molecule has 7 heteroatoms. The molecule has 0 saturated heterocycles. The highest BCUT2D eigenvalue weighted by molar-refractivity contribution is 5.86. The number of nitrogens with one attached hydrogen (secondary N) is 2. The van der Waals surface area contributed by atoms with Crippen LogP contribution in [0.4, 0.5) is 5.69 Å². The van der Waals surface area contributed by atoms with Crippen LogP contribution in [0.2, 0.25) is 0 Å². The summed E-state index contributed by atoms with van der Waals surface area (Å²) in [5, 5.41) is 15.6. The highest BCUT2D eigenvalue weighted by atomic mass is 16.5. The van der Waals surface area contributed by atoms with E-state index in [0.29, 0.717) is 11.3 Å².